The molecule has 0 aromatic heterocycles. The summed E-state index contributed by atoms with van der Waals surface area (Å²) in [4.78, 5) is 11.1. The zero-order valence-corrected chi connectivity index (χ0v) is 14.8. The van der Waals surface area contributed by atoms with Crippen LogP contribution in [0.25, 0.3) is 5.57 Å². The quantitative estimate of drug-likeness (QED) is 0.565. The van der Waals surface area contributed by atoms with E-state index in [0.717, 1.165) is 16.7 Å². The molecule has 2 aromatic rings. The molecule has 0 heterocycles. The standard InChI is InChI=1S/C22H24O4/c1-26-22(25)16-20(24)15-19(23)13-8-14-21(17-9-4-2-5-10-17)18-11-6-3-7-12-18/h2-14,19-20,23-24H,15-16H2,1H3/t19?,20-/m1/s1. The molecular weight excluding hydrogens is 328 g/mol. The molecule has 1 unspecified atom stereocenters. The van der Waals surface area contributed by atoms with Crippen LogP contribution in [0.3, 0.4) is 0 Å². The van der Waals surface area contributed by atoms with Crippen LogP contribution in [-0.4, -0.2) is 35.5 Å². The molecular formula is C22H24O4. The first-order valence-corrected chi connectivity index (χ1v) is 8.52. The van der Waals surface area contributed by atoms with Crippen molar-refractivity contribution in [3.63, 3.8) is 0 Å². The van der Waals surface area contributed by atoms with E-state index in [-0.39, 0.29) is 12.8 Å². The Morgan fingerprint density at radius 2 is 1.54 bits per heavy atom. The molecule has 2 rings (SSSR count). The lowest BCUT2D eigenvalue weighted by Gasteiger charge is -2.11. The number of carbonyl (C=O) groups is 1. The predicted molar refractivity (Wildman–Crippen MR) is 102 cm³/mol. The van der Waals surface area contributed by atoms with Crippen LogP contribution >= 0.6 is 0 Å². The van der Waals surface area contributed by atoms with Crippen molar-refractivity contribution >= 4 is 11.5 Å². The Morgan fingerprint density at radius 1 is 1.00 bits per heavy atom. The van der Waals surface area contributed by atoms with Crippen molar-refractivity contribution in [2.24, 2.45) is 0 Å². The molecule has 0 fully saturated rings. The lowest BCUT2D eigenvalue weighted by atomic mass is 9.97. The van der Waals surface area contributed by atoms with Crippen LogP contribution in [0, 0.1) is 0 Å². The highest BCUT2D eigenvalue weighted by molar-refractivity contribution is 5.80. The first-order chi connectivity index (χ1) is 12.6. The van der Waals surface area contributed by atoms with Gasteiger partial charge in [-0.3, -0.25) is 4.79 Å². The molecule has 0 spiro atoms. The van der Waals surface area contributed by atoms with Crippen molar-refractivity contribution < 1.29 is 19.7 Å². The van der Waals surface area contributed by atoms with E-state index in [0.29, 0.717) is 0 Å². The van der Waals surface area contributed by atoms with Crippen molar-refractivity contribution in [2.45, 2.75) is 25.0 Å². The molecule has 2 N–H and O–H groups in total. The van der Waals surface area contributed by atoms with E-state index in [1.165, 1.54) is 7.11 Å². The Bertz CT molecular complexity index is 694. The van der Waals surface area contributed by atoms with E-state index in [4.69, 9.17) is 0 Å². The van der Waals surface area contributed by atoms with Gasteiger partial charge in [-0.05, 0) is 16.7 Å². The maximum Gasteiger partial charge on any atom is 0.308 e. The summed E-state index contributed by atoms with van der Waals surface area (Å²) in [5.74, 6) is -0.496. The first kappa shape index (κ1) is 19.6. The van der Waals surface area contributed by atoms with Gasteiger partial charge < -0.3 is 14.9 Å². The molecule has 0 saturated carbocycles. The van der Waals surface area contributed by atoms with E-state index < -0.39 is 18.2 Å². The van der Waals surface area contributed by atoms with E-state index >= 15 is 0 Å². The number of hydrogen-bond donors (Lipinski definition) is 2. The molecule has 0 aliphatic heterocycles. The molecule has 136 valence electrons. The number of carbonyl (C=O) groups excluding carboxylic acids is 1. The van der Waals surface area contributed by atoms with Gasteiger partial charge >= 0.3 is 5.97 Å². The Morgan fingerprint density at radius 3 is 2.04 bits per heavy atom. The lowest BCUT2D eigenvalue weighted by molar-refractivity contribution is -0.143. The summed E-state index contributed by atoms with van der Waals surface area (Å²) in [6.07, 6.45) is 3.47. The summed E-state index contributed by atoms with van der Waals surface area (Å²) in [5.41, 5.74) is 3.18. The summed E-state index contributed by atoms with van der Waals surface area (Å²) in [7, 11) is 1.27. The minimum absolute atomic E-state index is 0.0748. The van der Waals surface area contributed by atoms with Crippen LogP contribution in [0.15, 0.2) is 78.9 Å². The number of benzene rings is 2. The number of hydrogen-bond acceptors (Lipinski definition) is 4. The smallest absolute Gasteiger partial charge is 0.308 e. The monoisotopic (exact) mass is 352 g/mol. The highest BCUT2D eigenvalue weighted by Crippen LogP contribution is 2.23. The van der Waals surface area contributed by atoms with Crippen molar-refractivity contribution in [1.82, 2.24) is 0 Å². The average Bonchev–Trinajstić information content (AvgIpc) is 2.66. The van der Waals surface area contributed by atoms with Crippen LogP contribution < -0.4 is 0 Å². The topological polar surface area (TPSA) is 66.8 Å². The number of aliphatic hydroxyl groups excluding tert-OH is 2. The number of methoxy groups -OCH3 is 1. The predicted octanol–water partition coefficient (Wildman–Crippen LogP) is 3.35. The fraction of sp³-hybridized carbons (Fsp3) is 0.227. The van der Waals surface area contributed by atoms with Crippen LogP contribution in [-0.2, 0) is 9.53 Å². The van der Waals surface area contributed by atoms with Crippen LogP contribution in [0.5, 0.6) is 0 Å². The molecule has 4 heteroatoms. The van der Waals surface area contributed by atoms with Crippen LogP contribution in [0.4, 0.5) is 0 Å². The Labute approximate surface area is 154 Å². The number of ether oxygens (including phenoxy) is 1. The molecule has 2 aromatic carbocycles. The van der Waals surface area contributed by atoms with Gasteiger partial charge in [0, 0.05) is 6.42 Å². The first-order valence-electron chi connectivity index (χ1n) is 8.52. The Hall–Kier alpha value is -2.69. The SMILES string of the molecule is COC(=O)C[C@H](O)CC(O)C=CC=C(c1ccccc1)c1ccccc1. The summed E-state index contributed by atoms with van der Waals surface area (Å²) in [5, 5.41) is 19.8. The Kier molecular flexibility index (Phi) is 7.80. The van der Waals surface area contributed by atoms with E-state index in [9.17, 15) is 15.0 Å². The third-order valence-electron chi connectivity index (χ3n) is 3.91. The van der Waals surface area contributed by atoms with Gasteiger partial charge in [0.25, 0.3) is 0 Å². The van der Waals surface area contributed by atoms with Crippen molar-refractivity contribution in [1.29, 1.82) is 0 Å². The van der Waals surface area contributed by atoms with Crippen LogP contribution in [0.1, 0.15) is 24.0 Å². The largest absolute Gasteiger partial charge is 0.469 e. The van der Waals surface area contributed by atoms with Gasteiger partial charge in [-0.1, -0.05) is 78.9 Å². The molecule has 0 saturated heterocycles. The maximum atomic E-state index is 11.1. The molecule has 0 aliphatic carbocycles. The molecule has 0 radical (unpaired) electrons. The Balaban J connectivity index is 2.10. The molecule has 0 aliphatic rings. The molecule has 4 nitrogen and oxygen atoms in total. The minimum atomic E-state index is -0.936. The maximum absolute atomic E-state index is 11.1. The van der Waals surface area contributed by atoms with Gasteiger partial charge in [-0.25, -0.2) is 0 Å². The number of esters is 1. The zero-order chi connectivity index (χ0) is 18.8. The van der Waals surface area contributed by atoms with Crippen molar-refractivity contribution in [3.05, 3.63) is 90.0 Å². The highest BCUT2D eigenvalue weighted by atomic mass is 16.5. The van der Waals surface area contributed by atoms with Gasteiger partial charge in [0.05, 0.1) is 25.7 Å². The third-order valence-corrected chi connectivity index (χ3v) is 3.91. The van der Waals surface area contributed by atoms with Gasteiger partial charge in [0.1, 0.15) is 0 Å². The summed E-state index contributed by atoms with van der Waals surface area (Å²) in [6, 6.07) is 20.0. The number of rotatable bonds is 8. The van der Waals surface area contributed by atoms with Crippen molar-refractivity contribution in [2.75, 3.05) is 7.11 Å². The second kappa shape index (κ2) is 10.3. The summed E-state index contributed by atoms with van der Waals surface area (Å²) < 4.78 is 4.50. The normalized spacial score (nSPS) is 13.2. The molecule has 0 amide bonds. The molecule has 26 heavy (non-hydrogen) atoms. The third kappa shape index (κ3) is 6.31. The van der Waals surface area contributed by atoms with Gasteiger partial charge in [0.15, 0.2) is 0 Å². The average molecular weight is 352 g/mol. The van der Waals surface area contributed by atoms with Crippen LogP contribution in [0.2, 0.25) is 0 Å². The van der Waals surface area contributed by atoms with E-state index in [2.05, 4.69) is 4.74 Å². The van der Waals surface area contributed by atoms with E-state index in [1.54, 1.807) is 12.2 Å². The fourth-order valence-corrected chi connectivity index (χ4v) is 2.59. The number of aliphatic hydroxyl groups is 2. The molecule has 0 bridgehead atoms. The molecule has 2 atom stereocenters. The highest BCUT2D eigenvalue weighted by Gasteiger charge is 2.14. The number of allylic oxidation sites excluding steroid dienone is 2. The zero-order valence-electron chi connectivity index (χ0n) is 14.8. The summed E-state index contributed by atoms with van der Waals surface area (Å²) in [6.45, 7) is 0. The van der Waals surface area contributed by atoms with Crippen molar-refractivity contribution in [3.8, 4) is 0 Å². The lowest BCUT2D eigenvalue weighted by Crippen LogP contribution is -2.20. The second-order valence-corrected chi connectivity index (χ2v) is 5.93. The van der Waals surface area contributed by atoms with Gasteiger partial charge in [-0.2, -0.15) is 0 Å². The van der Waals surface area contributed by atoms with Gasteiger partial charge in [0.2, 0.25) is 0 Å². The second-order valence-electron chi connectivity index (χ2n) is 5.93. The fourth-order valence-electron chi connectivity index (χ4n) is 2.59. The minimum Gasteiger partial charge on any atom is -0.469 e. The van der Waals surface area contributed by atoms with Gasteiger partial charge in [-0.15, -0.1) is 0 Å². The summed E-state index contributed by atoms with van der Waals surface area (Å²) >= 11 is 0. The van der Waals surface area contributed by atoms with E-state index in [1.807, 2.05) is 66.7 Å².